The van der Waals surface area contributed by atoms with Crippen molar-refractivity contribution >= 4 is 16.8 Å². The van der Waals surface area contributed by atoms with Crippen molar-refractivity contribution in [1.82, 2.24) is 15.2 Å². The monoisotopic (exact) mass is 533 g/mol. The molecule has 1 amide bonds. The predicted octanol–water partition coefficient (Wildman–Crippen LogP) is 5.57. The summed E-state index contributed by atoms with van der Waals surface area (Å²) in [5, 5.41) is 14.4. The Bertz CT molecular complexity index is 1280. The largest absolute Gasteiger partial charge is 0.493 e. The average molecular weight is 534 g/mol. The molecule has 0 radical (unpaired) electrons. The summed E-state index contributed by atoms with van der Waals surface area (Å²) in [6.45, 7) is 6.49. The van der Waals surface area contributed by atoms with Gasteiger partial charge in [-0.15, -0.1) is 0 Å². The van der Waals surface area contributed by atoms with Gasteiger partial charge in [-0.25, -0.2) is 0 Å². The fourth-order valence-corrected chi connectivity index (χ4v) is 6.39. The highest BCUT2D eigenvalue weighted by Gasteiger charge is 2.26. The maximum Gasteiger partial charge on any atom is 0.236 e. The molecule has 0 spiro atoms. The molecule has 0 atom stereocenters. The lowest BCUT2D eigenvalue weighted by molar-refractivity contribution is -0.131. The summed E-state index contributed by atoms with van der Waals surface area (Å²) in [7, 11) is 3.32. The number of benzene rings is 2. The fourth-order valence-electron chi connectivity index (χ4n) is 6.39. The number of hydrogen-bond donors (Lipinski definition) is 3. The van der Waals surface area contributed by atoms with E-state index in [-0.39, 0.29) is 12.0 Å². The smallest absolute Gasteiger partial charge is 0.236 e. The van der Waals surface area contributed by atoms with Crippen LogP contribution in [0.5, 0.6) is 11.5 Å². The molecule has 2 fully saturated rings. The van der Waals surface area contributed by atoms with Crippen molar-refractivity contribution in [3.63, 3.8) is 0 Å². The highest BCUT2D eigenvalue weighted by atomic mass is 16.5. The van der Waals surface area contributed by atoms with Gasteiger partial charge in [0, 0.05) is 35.6 Å². The average Bonchev–Trinajstić information content (AvgIpc) is 3.35. The van der Waals surface area contributed by atoms with Gasteiger partial charge in [0.1, 0.15) is 0 Å². The molecule has 1 aliphatic carbocycles. The molecule has 2 heterocycles. The van der Waals surface area contributed by atoms with Gasteiger partial charge in [-0.2, -0.15) is 0 Å². The SMILES string of the molecule is COc1ccc(-c2[nH]c3ccc(C4CCN(C(=O)CNC5CCC(O)CC5)CC4)cc3c2C(C)C)cc1OC. The number of H-pyrrole nitrogens is 1. The van der Waals surface area contributed by atoms with Crippen LogP contribution in [-0.4, -0.2) is 66.9 Å². The molecule has 1 aromatic heterocycles. The number of nitrogens with zero attached hydrogens (tertiary/aromatic N) is 1. The topological polar surface area (TPSA) is 86.8 Å². The van der Waals surface area contributed by atoms with Crippen molar-refractivity contribution in [2.24, 2.45) is 0 Å². The van der Waals surface area contributed by atoms with Crippen molar-refractivity contribution in [3.8, 4) is 22.8 Å². The minimum atomic E-state index is -0.169. The molecule has 2 aromatic carbocycles. The zero-order valence-corrected chi connectivity index (χ0v) is 23.8. The minimum absolute atomic E-state index is 0.169. The van der Waals surface area contributed by atoms with E-state index in [2.05, 4.69) is 48.4 Å². The molecular formula is C32H43N3O4. The van der Waals surface area contributed by atoms with Crippen molar-refractivity contribution in [2.75, 3.05) is 33.9 Å². The van der Waals surface area contributed by atoms with Gasteiger partial charge in [0.05, 0.1) is 32.6 Å². The summed E-state index contributed by atoms with van der Waals surface area (Å²) >= 11 is 0. The third kappa shape index (κ3) is 5.94. The fraction of sp³-hybridized carbons (Fsp3) is 0.531. The third-order valence-electron chi connectivity index (χ3n) is 8.67. The number of ether oxygens (including phenoxy) is 2. The number of rotatable bonds is 8. The summed E-state index contributed by atoms with van der Waals surface area (Å²) in [6, 6.07) is 13.3. The molecule has 1 saturated heterocycles. The number of nitrogens with one attached hydrogen (secondary N) is 2. The molecule has 5 rings (SSSR count). The number of carbonyl (C=O) groups excluding carboxylic acids is 1. The van der Waals surface area contributed by atoms with Crippen LogP contribution >= 0.6 is 0 Å². The number of likely N-dealkylation sites (tertiary alicyclic amines) is 1. The van der Waals surface area contributed by atoms with E-state index in [9.17, 15) is 9.90 Å². The molecule has 1 aliphatic heterocycles. The molecule has 1 saturated carbocycles. The first-order valence-electron chi connectivity index (χ1n) is 14.4. The normalized spacial score (nSPS) is 20.5. The van der Waals surface area contributed by atoms with Crippen LogP contribution in [0.4, 0.5) is 0 Å². The second-order valence-electron chi connectivity index (χ2n) is 11.5. The van der Waals surface area contributed by atoms with E-state index in [1.54, 1.807) is 14.2 Å². The number of hydrogen-bond acceptors (Lipinski definition) is 5. The lowest BCUT2D eigenvalue weighted by Gasteiger charge is -2.33. The van der Waals surface area contributed by atoms with Crippen molar-refractivity contribution in [3.05, 3.63) is 47.5 Å². The molecule has 3 N–H and O–H groups in total. The Kier molecular flexibility index (Phi) is 8.48. The highest BCUT2D eigenvalue weighted by molar-refractivity contribution is 5.92. The number of aromatic nitrogens is 1. The number of methoxy groups -OCH3 is 2. The molecule has 0 unspecified atom stereocenters. The Hall–Kier alpha value is -3.03. The van der Waals surface area contributed by atoms with Crippen molar-refractivity contribution in [2.45, 2.75) is 76.4 Å². The van der Waals surface area contributed by atoms with Gasteiger partial charge in [-0.3, -0.25) is 4.79 Å². The van der Waals surface area contributed by atoms with E-state index in [4.69, 9.17) is 9.47 Å². The van der Waals surface area contributed by atoms with Crippen LogP contribution in [0.1, 0.15) is 75.3 Å². The highest BCUT2D eigenvalue weighted by Crippen LogP contribution is 2.40. The van der Waals surface area contributed by atoms with E-state index >= 15 is 0 Å². The van der Waals surface area contributed by atoms with Crippen LogP contribution in [-0.2, 0) is 4.79 Å². The summed E-state index contributed by atoms with van der Waals surface area (Å²) < 4.78 is 11.0. The van der Waals surface area contributed by atoms with Crippen LogP contribution in [0.25, 0.3) is 22.2 Å². The minimum Gasteiger partial charge on any atom is -0.493 e. The number of aliphatic hydroxyl groups is 1. The van der Waals surface area contributed by atoms with E-state index in [0.29, 0.717) is 24.4 Å². The lowest BCUT2D eigenvalue weighted by atomic mass is 9.87. The van der Waals surface area contributed by atoms with Crippen molar-refractivity contribution < 1.29 is 19.4 Å². The Morgan fingerprint density at radius 3 is 2.38 bits per heavy atom. The molecule has 39 heavy (non-hydrogen) atoms. The van der Waals surface area contributed by atoms with Crippen LogP contribution in [0.2, 0.25) is 0 Å². The van der Waals surface area contributed by atoms with Gasteiger partial charge in [-0.1, -0.05) is 19.9 Å². The molecule has 7 heteroatoms. The Balaban J connectivity index is 1.28. The number of aliphatic hydroxyl groups excluding tert-OH is 1. The van der Waals surface area contributed by atoms with E-state index in [1.807, 2.05) is 17.0 Å². The Morgan fingerprint density at radius 2 is 1.72 bits per heavy atom. The lowest BCUT2D eigenvalue weighted by Crippen LogP contribution is -2.45. The number of piperidine rings is 1. The molecule has 0 bridgehead atoms. The number of aromatic amines is 1. The molecule has 2 aliphatic rings. The van der Waals surface area contributed by atoms with Gasteiger partial charge >= 0.3 is 0 Å². The van der Waals surface area contributed by atoms with Crippen molar-refractivity contribution in [1.29, 1.82) is 0 Å². The summed E-state index contributed by atoms with van der Waals surface area (Å²) in [6.07, 6.45) is 5.36. The molecule has 7 nitrogen and oxygen atoms in total. The summed E-state index contributed by atoms with van der Waals surface area (Å²) in [4.78, 5) is 18.6. The van der Waals surface area contributed by atoms with E-state index in [0.717, 1.165) is 79.9 Å². The van der Waals surface area contributed by atoms with E-state index in [1.165, 1.54) is 16.5 Å². The number of fused-ring (bicyclic) bond motifs is 1. The first kappa shape index (κ1) is 27.5. The van der Waals surface area contributed by atoms with Crippen LogP contribution in [0.15, 0.2) is 36.4 Å². The van der Waals surface area contributed by atoms with Gasteiger partial charge < -0.3 is 29.8 Å². The van der Waals surface area contributed by atoms with Gasteiger partial charge in [-0.05, 0) is 91.8 Å². The maximum atomic E-state index is 12.9. The Labute approximate surface area is 231 Å². The van der Waals surface area contributed by atoms with Gasteiger partial charge in [0.15, 0.2) is 11.5 Å². The third-order valence-corrected chi connectivity index (χ3v) is 8.67. The molecular weight excluding hydrogens is 490 g/mol. The number of carbonyl (C=O) groups is 1. The van der Waals surface area contributed by atoms with Crippen LogP contribution < -0.4 is 14.8 Å². The molecule has 210 valence electrons. The van der Waals surface area contributed by atoms with Gasteiger partial charge in [0.2, 0.25) is 5.91 Å². The first-order chi connectivity index (χ1) is 18.9. The van der Waals surface area contributed by atoms with Crippen LogP contribution in [0.3, 0.4) is 0 Å². The van der Waals surface area contributed by atoms with Gasteiger partial charge in [0.25, 0.3) is 0 Å². The van der Waals surface area contributed by atoms with Crippen LogP contribution in [0, 0.1) is 0 Å². The zero-order valence-electron chi connectivity index (χ0n) is 23.8. The van der Waals surface area contributed by atoms with E-state index < -0.39 is 0 Å². The second kappa shape index (κ2) is 12.0. The summed E-state index contributed by atoms with van der Waals surface area (Å²) in [5.41, 5.74) is 6.01. The second-order valence-corrected chi connectivity index (χ2v) is 11.5. The maximum absolute atomic E-state index is 12.9. The summed E-state index contributed by atoms with van der Waals surface area (Å²) in [5.74, 6) is 2.43. The first-order valence-corrected chi connectivity index (χ1v) is 14.4. The molecule has 3 aromatic rings. The Morgan fingerprint density at radius 1 is 1.00 bits per heavy atom. The predicted molar refractivity (Wildman–Crippen MR) is 156 cm³/mol. The number of amides is 1. The standard InChI is InChI=1S/C32H43N3O4/c1-20(2)31-26-17-22(5-11-27(26)34-32(31)23-6-12-28(38-3)29(18-23)39-4)21-13-15-35(16-14-21)30(37)19-33-24-7-9-25(36)10-8-24/h5-6,11-12,17-18,20-21,24-25,33-34,36H,7-10,13-16,19H2,1-4H3. The quantitative estimate of drug-likeness (QED) is 0.352. The zero-order chi connectivity index (χ0) is 27.5.